The van der Waals surface area contributed by atoms with Crippen LogP contribution in [0.3, 0.4) is 0 Å². The van der Waals surface area contributed by atoms with E-state index in [-0.39, 0.29) is 12.4 Å². The minimum atomic E-state index is -0.569. The fraction of sp³-hybridized carbons (Fsp3) is 0.833. The zero-order valence-electron chi connectivity index (χ0n) is 5.85. The van der Waals surface area contributed by atoms with Gasteiger partial charge in [0.1, 0.15) is 5.54 Å². The van der Waals surface area contributed by atoms with Crippen molar-refractivity contribution in [1.29, 1.82) is 5.26 Å². The molecule has 0 aromatic heterocycles. The molecule has 2 N–H and O–H groups in total. The molecule has 3 heteroatoms. The van der Waals surface area contributed by atoms with Crippen molar-refractivity contribution >= 4 is 12.4 Å². The number of nitriles is 1. The molecule has 2 nitrogen and oxygen atoms in total. The van der Waals surface area contributed by atoms with E-state index in [0.717, 1.165) is 12.8 Å². The van der Waals surface area contributed by atoms with E-state index in [2.05, 4.69) is 6.07 Å². The van der Waals surface area contributed by atoms with Crippen LogP contribution in [0.15, 0.2) is 0 Å². The van der Waals surface area contributed by atoms with Gasteiger partial charge in [-0.2, -0.15) is 5.26 Å². The lowest BCUT2D eigenvalue weighted by Gasteiger charge is -2.14. The van der Waals surface area contributed by atoms with Crippen molar-refractivity contribution in [1.82, 2.24) is 0 Å². The van der Waals surface area contributed by atoms with Crippen LogP contribution in [0.1, 0.15) is 26.7 Å². The van der Waals surface area contributed by atoms with Gasteiger partial charge in [-0.25, -0.2) is 0 Å². The average molecular weight is 149 g/mol. The number of nitrogens with two attached hydrogens (primary N) is 1. The monoisotopic (exact) mass is 148 g/mol. The molecule has 54 valence electrons. The Hall–Kier alpha value is -0.260. The van der Waals surface area contributed by atoms with Gasteiger partial charge >= 0.3 is 0 Å². The highest BCUT2D eigenvalue weighted by atomic mass is 35.5. The van der Waals surface area contributed by atoms with Gasteiger partial charge in [0, 0.05) is 0 Å². The summed E-state index contributed by atoms with van der Waals surface area (Å²) in [4.78, 5) is 0. The highest BCUT2D eigenvalue weighted by Crippen LogP contribution is 2.07. The van der Waals surface area contributed by atoms with E-state index < -0.39 is 5.54 Å². The lowest BCUT2D eigenvalue weighted by Crippen LogP contribution is -2.35. The molecule has 0 rings (SSSR count). The molecular weight excluding hydrogens is 136 g/mol. The minimum Gasteiger partial charge on any atom is -0.313 e. The van der Waals surface area contributed by atoms with Crippen molar-refractivity contribution in [2.24, 2.45) is 5.73 Å². The largest absolute Gasteiger partial charge is 0.313 e. The van der Waals surface area contributed by atoms with Crippen LogP contribution >= 0.6 is 12.4 Å². The fourth-order valence-corrected chi connectivity index (χ4v) is 0.408. The van der Waals surface area contributed by atoms with Crippen molar-refractivity contribution in [3.63, 3.8) is 0 Å². The Balaban J connectivity index is 0. The summed E-state index contributed by atoms with van der Waals surface area (Å²) >= 11 is 0. The Labute approximate surface area is 62.4 Å². The molecule has 0 aliphatic rings. The summed E-state index contributed by atoms with van der Waals surface area (Å²) in [7, 11) is 0. The highest BCUT2D eigenvalue weighted by molar-refractivity contribution is 5.85. The Morgan fingerprint density at radius 2 is 1.78 bits per heavy atom. The van der Waals surface area contributed by atoms with Gasteiger partial charge in [0.25, 0.3) is 0 Å². The quantitative estimate of drug-likeness (QED) is 0.645. The van der Waals surface area contributed by atoms with Crippen LogP contribution in [-0.2, 0) is 0 Å². The van der Waals surface area contributed by atoms with E-state index in [1.807, 2.05) is 13.8 Å². The van der Waals surface area contributed by atoms with E-state index in [0.29, 0.717) is 0 Å². The zero-order valence-corrected chi connectivity index (χ0v) is 6.66. The fourth-order valence-electron chi connectivity index (χ4n) is 0.408. The summed E-state index contributed by atoms with van der Waals surface area (Å²) in [6.45, 7) is 3.85. The Bertz CT molecular complexity index is 102. The molecule has 0 saturated heterocycles. The molecule has 0 unspecified atom stereocenters. The minimum absolute atomic E-state index is 0. The summed E-state index contributed by atoms with van der Waals surface area (Å²) in [6, 6.07) is 2.06. The second kappa shape index (κ2) is 4.60. The van der Waals surface area contributed by atoms with Crippen LogP contribution in [0.4, 0.5) is 0 Å². The summed E-state index contributed by atoms with van der Waals surface area (Å²) < 4.78 is 0. The summed E-state index contributed by atoms with van der Waals surface area (Å²) in [5.41, 5.74) is 4.97. The molecule has 0 spiro atoms. The van der Waals surface area contributed by atoms with Crippen molar-refractivity contribution in [3.8, 4) is 6.07 Å². The van der Waals surface area contributed by atoms with Gasteiger partial charge in [-0.15, -0.1) is 12.4 Å². The first-order valence-corrected chi connectivity index (χ1v) is 2.88. The van der Waals surface area contributed by atoms with E-state index in [1.54, 1.807) is 0 Å². The highest BCUT2D eigenvalue weighted by Gasteiger charge is 2.17. The predicted octanol–water partition coefficient (Wildman–Crippen LogP) is 1.45. The normalized spacial score (nSPS) is 9.56. The number of rotatable bonds is 2. The van der Waals surface area contributed by atoms with Crippen LogP contribution in [-0.4, -0.2) is 5.54 Å². The van der Waals surface area contributed by atoms with Gasteiger partial charge in [-0.3, -0.25) is 0 Å². The first-order valence-electron chi connectivity index (χ1n) is 2.88. The molecule has 0 aliphatic heterocycles. The summed E-state index contributed by atoms with van der Waals surface area (Å²) in [6.07, 6.45) is 1.47. The summed E-state index contributed by atoms with van der Waals surface area (Å²) in [5, 5.41) is 8.41. The Kier molecular flexibility index (Phi) is 5.89. The zero-order chi connectivity index (χ0) is 6.62. The maximum Gasteiger partial charge on any atom is 0.103 e. The lowest BCUT2D eigenvalue weighted by molar-refractivity contribution is 0.506. The summed E-state index contributed by atoms with van der Waals surface area (Å²) in [5.74, 6) is 0. The molecule has 0 bridgehead atoms. The average Bonchev–Trinajstić information content (AvgIpc) is 1.87. The van der Waals surface area contributed by atoms with Gasteiger partial charge in [0.15, 0.2) is 0 Å². The molecule has 0 aromatic carbocycles. The molecule has 0 aliphatic carbocycles. The molecule has 0 saturated carbocycles. The van der Waals surface area contributed by atoms with Crippen LogP contribution in [0.2, 0.25) is 0 Å². The van der Waals surface area contributed by atoms with Gasteiger partial charge in [-0.05, 0) is 12.8 Å². The smallest absolute Gasteiger partial charge is 0.103 e. The lowest BCUT2D eigenvalue weighted by atomic mass is 9.97. The molecule has 0 amide bonds. The second-order valence-corrected chi connectivity index (χ2v) is 1.98. The van der Waals surface area contributed by atoms with E-state index in [9.17, 15) is 0 Å². The van der Waals surface area contributed by atoms with Crippen molar-refractivity contribution in [3.05, 3.63) is 0 Å². The maximum absolute atomic E-state index is 8.41. The third kappa shape index (κ3) is 3.34. The van der Waals surface area contributed by atoms with E-state index in [1.165, 1.54) is 0 Å². The first kappa shape index (κ1) is 11.5. The van der Waals surface area contributed by atoms with Crippen LogP contribution < -0.4 is 5.73 Å². The molecule has 0 radical (unpaired) electrons. The van der Waals surface area contributed by atoms with Gasteiger partial charge in [0.2, 0.25) is 0 Å². The van der Waals surface area contributed by atoms with E-state index >= 15 is 0 Å². The Morgan fingerprint density at radius 1 is 1.44 bits per heavy atom. The van der Waals surface area contributed by atoms with Crippen LogP contribution in [0, 0.1) is 11.3 Å². The number of nitrogens with zero attached hydrogens (tertiary/aromatic N) is 1. The van der Waals surface area contributed by atoms with Crippen molar-refractivity contribution in [2.45, 2.75) is 32.2 Å². The molecular formula is C6H13ClN2. The van der Waals surface area contributed by atoms with Crippen molar-refractivity contribution < 1.29 is 0 Å². The number of hydrogen-bond donors (Lipinski definition) is 1. The predicted molar refractivity (Wildman–Crippen MR) is 40.4 cm³/mol. The van der Waals surface area contributed by atoms with Gasteiger partial charge in [-0.1, -0.05) is 13.8 Å². The van der Waals surface area contributed by atoms with Gasteiger partial charge in [0.05, 0.1) is 6.07 Å². The van der Waals surface area contributed by atoms with Gasteiger partial charge < -0.3 is 5.73 Å². The third-order valence-electron chi connectivity index (χ3n) is 1.48. The first-order chi connectivity index (χ1) is 3.68. The number of hydrogen-bond acceptors (Lipinski definition) is 2. The molecule has 0 fully saturated rings. The standard InChI is InChI=1S/C6H12N2.ClH/c1-3-6(8,4-2)5-7;/h3-4,8H2,1-2H3;1H. The number of halogens is 1. The van der Waals surface area contributed by atoms with Crippen molar-refractivity contribution in [2.75, 3.05) is 0 Å². The topological polar surface area (TPSA) is 49.8 Å². The maximum atomic E-state index is 8.41. The SMILES string of the molecule is CCC(N)(C#N)CC.Cl. The van der Waals surface area contributed by atoms with Crippen LogP contribution in [0.5, 0.6) is 0 Å². The van der Waals surface area contributed by atoms with Crippen LogP contribution in [0.25, 0.3) is 0 Å². The third-order valence-corrected chi connectivity index (χ3v) is 1.48. The Morgan fingerprint density at radius 3 is 1.78 bits per heavy atom. The van der Waals surface area contributed by atoms with E-state index in [4.69, 9.17) is 11.0 Å². The molecule has 0 heterocycles. The molecule has 0 aromatic rings. The molecule has 0 atom stereocenters. The second-order valence-electron chi connectivity index (χ2n) is 1.98. The molecule has 9 heavy (non-hydrogen) atoms.